The zero-order chi connectivity index (χ0) is 14.8. The number of ether oxygens (including phenoxy) is 1. The summed E-state index contributed by atoms with van der Waals surface area (Å²) in [5.74, 6) is 0. The molecule has 0 aromatic carbocycles. The molecular weight excluding hydrogens is 242 g/mol. The number of likely N-dealkylation sites (tertiary alicyclic amines) is 1. The van der Waals surface area contributed by atoms with Gasteiger partial charge < -0.3 is 14.7 Å². The van der Waals surface area contributed by atoms with Gasteiger partial charge in [-0.2, -0.15) is 0 Å². The maximum atomic E-state index is 12.2. The SMILES string of the molecule is CC(C)(C)OC(=O)N1CCCCC1C(O)C(C)(C)C. The summed E-state index contributed by atoms with van der Waals surface area (Å²) in [6, 6.07) is -0.136. The zero-order valence-electron chi connectivity index (χ0n) is 13.2. The molecule has 1 heterocycles. The summed E-state index contributed by atoms with van der Waals surface area (Å²) in [6.45, 7) is 12.3. The van der Waals surface area contributed by atoms with Gasteiger partial charge in [-0.15, -0.1) is 0 Å². The van der Waals surface area contributed by atoms with Crippen molar-refractivity contribution in [2.24, 2.45) is 5.41 Å². The van der Waals surface area contributed by atoms with Crippen molar-refractivity contribution >= 4 is 6.09 Å². The van der Waals surface area contributed by atoms with Crippen LogP contribution in [0.25, 0.3) is 0 Å². The predicted octanol–water partition coefficient (Wildman–Crippen LogP) is 3.18. The first-order chi connectivity index (χ1) is 8.52. The fourth-order valence-corrected chi connectivity index (χ4v) is 2.41. The molecule has 0 radical (unpaired) electrons. The summed E-state index contributed by atoms with van der Waals surface area (Å²) in [5, 5.41) is 10.5. The highest BCUT2D eigenvalue weighted by molar-refractivity contribution is 5.68. The van der Waals surface area contributed by atoms with Crippen LogP contribution in [0.1, 0.15) is 60.8 Å². The van der Waals surface area contributed by atoms with Gasteiger partial charge in [0.25, 0.3) is 0 Å². The van der Waals surface area contributed by atoms with Gasteiger partial charge in [0.15, 0.2) is 0 Å². The second-order valence-electron chi connectivity index (χ2n) is 7.55. The van der Waals surface area contributed by atoms with E-state index in [1.807, 2.05) is 41.5 Å². The quantitative estimate of drug-likeness (QED) is 0.797. The van der Waals surface area contributed by atoms with Gasteiger partial charge in [-0.1, -0.05) is 20.8 Å². The van der Waals surface area contributed by atoms with Crippen LogP contribution in [0.2, 0.25) is 0 Å². The molecule has 112 valence electrons. The maximum Gasteiger partial charge on any atom is 0.410 e. The van der Waals surface area contributed by atoms with E-state index in [1.165, 1.54) is 0 Å². The van der Waals surface area contributed by atoms with Gasteiger partial charge in [-0.3, -0.25) is 0 Å². The minimum absolute atomic E-state index is 0.136. The van der Waals surface area contributed by atoms with Crippen LogP contribution in [0.15, 0.2) is 0 Å². The topological polar surface area (TPSA) is 49.8 Å². The lowest BCUT2D eigenvalue weighted by Gasteiger charge is -2.42. The average molecular weight is 271 g/mol. The monoisotopic (exact) mass is 271 g/mol. The second kappa shape index (κ2) is 5.70. The number of amides is 1. The number of hydrogen-bond acceptors (Lipinski definition) is 3. The molecule has 0 bridgehead atoms. The summed E-state index contributed by atoms with van der Waals surface area (Å²) in [5.41, 5.74) is -0.728. The molecule has 0 aromatic heterocycles. The van der Waals surface area contributed by atoms with Crippen molar-refractivity contribution < 1.29 is 14.6 Å². The lowest BCUT2D eigenvalue weighted by atomic mass is 9.81. The lowest BCUT2D eigenvalue weighted by Crippen LogP contribution is -2.54. The van der Waals surface area contributed by atoms with Gasteiger partial charge in [-0.05, 0) is 45.4 Å². The van der Waals surface area contributed by atoms with Crippen molar-refractivity contribution in [2.75, 3.05) is 6.54 Å². The first kappa shape index (κ1) is 16.3. The molecule has 0 saturated carbocycles. The third kappa shape index (κ3) is 4.68. The summed E-state index contributed by atoms with van der Waals surface area (Å²) in [4.78, 5) is 14.0. The van der Waals surface area contributed by atoms with E-state index in [-0.39, 0.29) is 17.6 Å². The molecule has 2 atom stereocenters. The van der Waals surface area contributed by atoms with E-state index in [0.717, 1.165) is 19.3 Å². The summed E-state index contributed by atoms with van der Waals surface area (Å²) < 4.78 is 5.45. The average Bonchev–Trinajstić information content (AvgIpc) is 2.24. The number of aliphatic hydroxyl groups excluding tert-OH is 1. The van der Waals surface area contributed by atoms with Crippen molar-refractivity contribution in [1.82, 2.24) is 4.90 Å². The Balaban J connectivity index is 2.81. The molecule has 1 saturated heterocycles. The highest BCUT2D eigenvalue weighted by atomic mass is 16.6. The van der Waals surface area contributed by atoms with Crippen molar-refractivity contribution in [3.63, 3.8) is 0 Å². The van der Waals surface area contributed by atoms with Crippen molar-refractivity contribution in [3.05, 3.63) is 0 Å². The van der Waals surface area contributed by atoms with Crippen LogP contribution in [0.4, 0.5) is 4.79 Å². The second-order valence-corrected chi connectivity index (χ2v) is 7.55. The Hall–Kier alpha value is -0.770. The number of aliphatic hydroxyl groups is 1. The molecule has 1 fully saturated rings. The first-order valence-electron chi connectivity index (χ1n) is 7.20. The molecule has 0 aliphatic carbocycles. The minimum atomic E-state index is -0.527. The number of carbonyl (C=O) groups is 1. The van der Waals surface area contributed by atoms with Crippen LogP contribution < -0.4 is 0 Å². The zero-order valence-corrected chi connectivity index (χ0v) is 13.2. The molecule has 1 rings (SSSR count). The van der Waals surface area contributed by atoms with Crippen LogP contribution in [-0.2, 0) is 4.74 Å². The normalized spacial score (nSPS) is 23.1. The Morgan fingerprint density at radius 3 is 2.26 bits per heavy atom. The molecule has 1 amide bonds. The fourth-order valence-electron chi connectivity index (χ4n) is 2.41. The largest absolute Gasteiger partial charge is 0.444 e. The van der Waals surface area contributed by atoms with E-state index in [4.69, 9.17) is 4.74 Å². The van der Waals surface area contributed by atoms with Crippen molar-refractivity contribution in [1.29, 1.82) is 0 Å². The van der Waals surface area contributed by atoms with Crippen molar-refractivity contribution in [3.8, 4) is 0 Å². The Morgan fingerprint density at radius 1 is 1.21 bits per heavy atom. The molecule has 19 heavy (non-hydrogen) atoms. The highest BCUT2D eigenvalue weighted by Crippen LogP contribution is 2.30. The van der Waals surface area contributed by atoms with Gasteiger partial charge in [0.05, 0.1) is 12.1 Å². The van der Waals surface area contributed by atoms with Crippen LogP contribution in [0, 0.1) is 5.41 Å². The molecule has 0 aromatic rings. The molecule has 1 aliphatic heterocycles. The van der Waals surface area contributed by atoms with E-state index < -0.39 is 11.7 Å². The molecule has 1 aliphatic rings. The Labute approximate surface area is 117 Å². The van der Waals surface area contributed by atoms with Gasteiger partial charge >= 0.3 is 6.09 Å². The van der Waals surface area contributed by atoms with Crippen LogP contribution in [0.5, 0.6) is 0 Å². The van der Waals surface area contributed by atoms with Gasteiger partial charge in [0, 0.05) is 6.54 Å². The van der Waals surface area contributed by atoms with E-state index in [9.17, 15) is 9.90 Å². The predicted molar refractivity (Wildman–Crippen MR) is 76.0 cm³/mol. The van der Waals surface area contributed by atoms with Gasteiger partial charge in [-0.25, -0.2) is 4.79 Å². The highest BCUT2D eigenvalue weighted by Gasteiger charge is 2.39. The Morgan fingerprint density at radius 2 is 1.79 bits per heavy atom. The molecular formula is C15H29NO3. The molecule has 2 unspecified atom stereocenters. The first-order valence-corrected chi connectivity index (χ1v) is 7.20. The lowest BCUT2D eigenvalue weighted by molar-refractivity contribution is -0.0467. The third-order valence-electron chi connectivity index (χ3n) is 3.43. The van der Waals surface area contributed by atoms with E-state index in [2.05, 4.69) is 0 Å². The summed E-state index contributed by atoms with van der Waals surface area (Å²) in [6.07, 6.45) is 2.04. The Bertz CT molecular complexity index is 314. The van der Waals surface area contributed by atoms with E-state index in [0.29, 0.717) is 6.54 Å². The van der Waals surface area contributed by atoms with Crippen LogP contribution >= 0.6 is 0 Å². The molecule has 4 heteroatoms. The standard InChI is InChI=1S/C15H29NO3/c1-14(2,3)12(17)11-9-7-8-10-16(11)13(18)19-15(4,5)6/h11-12,17H,7-10H2,1-6H3. The van der Waals surface area contributed by atoms with Crippen molar-refractivity contribution in [2.45, 2.75) is 78.6 Å². The van der Waals surface area contributed by atoms with Gasteiger partial charge in [0.2, 0.25) is 0 Å². The fraction of sp³-hybridized carbons (Fsp3) is 0.933. The third-order valence-corrected chi connectivity index (χ3v) is 3.43. The minimum Gasteiger partial charge on any atom is -0.444 e. The summed E-state index contributed by atoms with van der Waals surface area (Å²) in [7, 11) is 0. The van der Waals surface area contributed by atoms with Crippen LogP contribution in [0.3, 0.4) is 0 Å². The molecule has 4 nitrogen and oxygen atoms in total. The number of carbonyl (C=O) groups excluding carboxylic acids is 1. The number of rotatable bonds is 1. The smallest absolute Gasteiger partial charge is 0.410 e. The molecule has 0 spiro atoms. The van der Waals surface area contributed by atoms with Gasteiger partial charge in [0.1, 0.15) is 5.60 Å². The maximum absolute atomic E-state index is 12.2. The number of hydrogen-bond donors (Lipinski definition) is 1. The number of nitrogens with zero attached hydrogens (tertiary/aromatic N) is 1. The van der Waals surface area contributed by atoms with E-state index >= 15 is 0 Å². The van der Waals surface area contributed by atoms with E-state index in [1.54, 1.807) is 4.90 Å². The van der Waals surface area contributed by atoms with Crippen LogP contribution in [-0.4, -0.2) is 40.4 Å². The summed E-state index contributed by atoms with van der Waals surface area (Å²) >= 11 is 0. The Kier molecular flexibility index (Phi) is 4.88. The molecule has 1 N–H and O–H groups in total. The number of piperidine rings is 1.